The highest BCUT2D eigenvalue weighted by atomic mass is 32.1. The third kappa shape index (κ3) is 3.00. The fraction of sp³-hybridized carbons (Fsp3) is 0.688. The summed E-state index contributed by atoms with van der Waals surface area (Å²) in [6.45, 7) is 8.30. The molecule has 5 heteroatoms. The molecular weight excluding hydrogens is 286 g/mol. The van der Waals surface area contributed by atoms with Gasteiger partial charge in [0.15, 0.2) is 0 Å². The molecule has 2 aliphatic rings. The van der Waals surface area contributed by atoms with Crippen LogP contribution in [0.4, 0.5) is 5.00 Å². The molecule has 1 aromatic heterocycles. The van der Waals surface area contributed by atoms with Crippen molar-refractivity contribution in [1.29, 1.82) is 0 Å². The number of carbonyl (C=O) groups excluding carboxylic acids is 1. The Morgan fingerprint density at radius 2 is 2.10 bits per heavy atom. The number of anilines is 1. The Kier molecular flexibility index (Phi) is 3.43. The van der Waals surface area contributed by atoms with Crippen LogP contribution in [0.1, 0.15) is 51.0 Å². The predicted octanol–water partition coefficient (Wildman–Crippen LogP) is 3.04. The first-order valence-electron chi connectivity index (χ1n) is 7.50. The summed E-state index contributed by atoms with van der Waals surface area (Å²) in [5.41, 5.74) is 0.684. The number of hydrogen-bond acceptors (Lipinski definition) is 4. The molecule has 1 unspecified atom stereocenters. The van der Waals surface area contributed by atoms with Crippen molar-refractivity contribution in [2.75, 3.05) is 5.32 Å². The quantitative estimate of drug-likeness (QED) is 0.902. The molecule has 3 rings (SSSR count). The number of nitrogens with one attached hydrogen (secondary N) is 1. The number of thiophene rings is 1. The number of ether oxygens (including phenoxy) is 1. The second kappa shape index (κ2) is 4.80. The van der Waals surface area contributed by atoms with Crippen LogP contribution in [0.25, 0.3) is 0 Å². The summed E-state index contributed by atoms with van der Waals surface area (Å²) < 4.78 is 6.15. The Bertz CT molecular complexity index is 572. The van der Waals surface area contributed by atoms with E-state index < -0.39 is 6.10 Å². The molecule has 21 heavy (non-hydrogen) atoms. The molecule has 0 radical (unpaired) electrons. The maximum atomic E-state index is 12.0. The van der Waals surface area contributed by atoms with Crippen LogP contribution in [0.2, 0.25) is 0 Å². The SMILES string of the molecule is CC1(C)Cc2cc(NC(=O)C(O)C3CC3)sc2C(C)(C)O1. The van der Waals surface area contributed by atoms with Crippen LogP contribution in [0, 0.1) is 5.92 Å². The zero-order chi connectivity index (χ0) is 15.4. The molecule has 1 aliphatic heterocycles. The number of rotatable bonds is 3. The lowest BCUT2D eigenvalue weighted by molar-refractivity contribution is -0.135. The van der Waals surface area contributed by atoms with Gasteiger partial charge in [-0.25, -0.2) is 0 Å². The highest BCUT2D eigenvalue weighted by Crippen LogP contribution is 2.45. The first-order chi connectivity index (χ1) is 9.68. The maximum Gasteiger partial charge on any atom is 0.254 e. The lowest BCUT2D eigenvalue weighted by Crippen LogP contribution is -2.41. The first-order valence-corrected chi connectivity index (χ1v) is 8.32. The Labute approximate surface area is 129 Å². The highest BCUT2D eigenvalue weighted by molar-refractivity contribution is 7.16. The summed E-state index contributed by atoms with van der Waals surface area (Å²) in [5, 5.41) is 13.5. The monoisotopic (exact) mass is 309 g/mol. The van der Waals surface area contributed by atoms with Crippen LogP contribution >= 0.6 is 11.3 Å². The van der Waals surface area contributed by atoms with Crippen molar-refractivity contribution < 1.29 is 14.6 Å². The Morgan fingerprint density at radius 1 is 1.43 bits per heavy atom. The number of aliphatic hydroxyl groups is 1. The van der Waals surface area contributed by atoms with E-state index in [1.54, 1.807) is 11.3 Å². The molecular formula is C16H23NO3S. The zero-order valence-electron chi connectivity index (χ0n) is 13.0. The average molecular weight is 309 g/mol. The van der Waals surface area contributed by atoms with E-state index in [4.69, 9.17) is 4.74 Å². The highest BCUT2D eigenvalue weighted by Gasteiger charge is 2.40. The third-order valence-corrected chi connectivity index (χ3v) is 5.48. The van der Waals surface area contributed by atoms with E-state index in [1.165, 1.54) is 5.56 Å². The average Bonchev–Trinajstić information content (AvgIpc) is 3.08. The van der Waals surface area contributed by atoms with Gasteiger partial charge < -0.3 is 15.2 Å². The molecule has 116 valence electrons. The summed E-state index contributed by atoms with van der Waals surface area (Å²) in [7, 11) is 0. The van der Waals surface area contributed by atoms with E-state index in [9.17, 15) is 9.90 Å². The number of carbonyl (C=O) groups is 1. The second-order valence-corrected chi connectivity index (χ2v) is 8.34. The summed E-state index contributed by atoms with van der Waals surface area (Å²) >= 11 is 1.55. The minimum atomic E-state index is -0.871. The van der Waals surface area contributed by atoms with E-state index in [0.29, 0.717) is 0 Å². The molecule has 2 N–H and O–H groups in total. The van der Waals surface area contributed by atoms with Crippen molar-refractivity contribution in [2.45, 2.75) is 64.3 Å². The van der Waals surface area contributed by atoms with Crippen molar-refractivity contribution >= 4 is 22.2 Å². The fourth-order valence-corrected chi connectivity index (χ4v) is 4.31. The molecule has 1 aromatic rings. The number of aliphatic hydroxyl groups excluding tert-OH is 1. The van der Waals surface area contributed by atoms with Crippen LogP contribution in [-0.4, -0.2) is 22.7 Å². The molecule has 1 fully saturated rings. The van der Waals surface area contributed by atoms with Gasteiger partial charge in [-0.2, -0.15) is 0 Å². The van der Waals surface area contributed by atoms with Gasteiger partial charge in [0.1, 0.15) is 6.10 Å². The molecule has 0 aromatic carbocycles. The van der Waals surface area contributed by atoms with Crippen LogP contribution < -0.4 is 5.32 Å². The minimum absolute atomic E-state index is 0.151. The predicted molar refractivity (Wildman–Crippen MR) is 83.6 cm³/mol. The van der Waals surface area contributed by atoms with Crippen LogP contribution in [0.15, 0.2) is 6.07 Å². The molecule has 4 nitrogen and oxygen atoms in total. The molecule has 2 heterocycles. The fourth-order valence-electron chi connectivity index (χ4n) is 3.18. The minimum Gasteiger partial charge on any atom is -0.383 e. The lowest BCUT2D eigenvalue weighted by Gasteiger charge is -2.41. The second-order valence-electron chi connectivity index (χ2n) is 7.29. The van der Waals surface area contributed by atoms with Gasteiger partial charge in [0.25, 0.3) is 5.91 Å². The Hall–Kier alpha value is -0.910. The van der Waals surface area contributed by atoms with Crippen molar-refractivity contribution in [3.8, 4) is 0 Å². The summed E-state index contributed by atoms with van der Waals surface area (Å²) in [4.78, 5) is 13.2. The number of hydrogen-bond donors (Lipinski definition) is 2. The standard InChI is InChI=1S/C16H23NO3S/c1-15(2)8-10-7-11(21-13(10)16(3,4)20-15)17-14(19)12(18)9-5-6-9/h7,9,12,18H,5-6,8H2,1-4H3,(H,17,19). The molecule has 0 saturated heterocycles. The molecule has 1 saturated carbocycles. The van der Waals surface area contributed by atoms with Crippen molar-refractivity contribution in [1.82, 2.24) is 0 Å². The van der Waals surface area contributed by atoms with E-state index >= 15 is 0 Å². The molecule has 0 spiro atoms. The van der Waals surface area contributed by atoms with Gasteiger partial charge in [-0.3, -0.25) is 4.79 Å². The van der Waals surface area contributed by atoms with Gasteiger partial charge in [0, 0.05) is 11.3 Å². The van der Waals surface area contributed by atoms with Gasteiger partial charge in [-0.05, 0) is 58.1 Å². The zero-order valence-corrected chi connectivity index (χ0v) is 13.8. The van der Waals surface area contributed by atoms with E-state index in [-0.39, 0.29) is 23.0 Å². The van der Waals surface area contributed by atoms with E-state index in [2.05, 4.69) is 33.0 Å². The van der Waals surface area contributed by atoms with Crippen LogP contribution in [0.5, 0.6) is 0 Å². The normalized spacial score (nSPS) is 24.2. The van der Waals surface area contributed by atoms with Gasteiger partial charge in [0.05, 0.1) is 16.2 Å². The third-order valence-electron chi connectivity index (χ3n) is 4.09. The smallest absolute Gasteiger partial charge is 0.254 e. The van der Waals surface area contributed by atoms with Crippen molar-refractivity contribution in [3.63, 3.8) is 0 Å². The maximum absolute atomic E-state index is 12.0. The van der Waals surface area contributed by atoms with Crippen molar-refractivity contribution in [2.24, 2.45) is 5.92 Å². The molecule has 0 bridgehead atoms. The van der Waals surface area contributed by atoms with Gasteiger partial charge >= 0.3 is 0 Å². The largest absolute Gasteiger partial charge is 0.383 e. The van der Waals surface area contributed by atoms with Gasteiger partial charge in [-0.15, -0.1) is 11.3 Å². The molecule has 1 amide bonds. The van der Waals surface area contributed by atoms with Crippen LogP contribution in [0.3, 0.4) is 0 Å². The van der Waals surface area contributed by atoms with E-state index in [0.717, 1.165) is 29.1 Å². The molecule has 1 aliphatic carbocycles. The Morgan fingerprint density at radius 3 is 2.71 bits per heavy atom. The lowest BCUT2D eigenvalue weighted by atomic mass is 9.89. The van der Waals surface area contributed by atoms with Gasteiger partial charge in [0.2, 0.25) is 0 Å². The van der Waals surface area contributed by atoms with Crippen LogP contribution in [-0.2, 0) is 21.6 Å². The number of amides is 1. The van der Waals surface area contributed by atoms with Gasteiger partial charge in [-0.1, -0.05) is 0 Å². The topological polar surface area (TPSA) is 58.6 Å². The summed E-state index contributed by atoms with van der Waals surface area (Å²) in [6.07, 6.45) is 1.86. The summed E-state index contributed by atoms with van der Waals surface area (Å²) in [6, 6.07) is 2.03. The first kappa shape index (κ1) is 15.0. The Balaban J connectivity index is 1.80. The van der Waals surface area contributed by atoms with Crippen molar-refractivity contribution in [3.05, 3.63) is 16.5 Å². The van der Waals surface area contributed by atoms with E-state index in [1.807, 2.05) is 6.07 Å². The molecule has 1 atom stereocenters. The summed E-state index contributed by atoms with van der Waals surface area (Å²) in [5.74, 6) is -0.132. The number of fused-ring (bicyclic) bond motifs is 1.